The zero-order valence-electron chi connectivity index (χ0n) is 30.5. The molecule has 15 nitrogen and oxygen atoms in total. The van der Waals surface area contributed by atoms with Gasteiger partial charge in [0.1, 0.15) is 19.0 Å². The molecule has 0 unspecified atom stereocenters. The molecule has 0 radical (unpaired) electrons. The summed E-state index contributed by atoms with van der Waals surface area (Å²) in [4.78, 5) is 11.8. The van der Waals surface area contributed by atoms with Crippen molar-refractivity contribution in [3.05, 3.63) is 60.2 Å². The Hall–Kier alpha value is -2.93. The molecule has 0 aliphatic carbocycles. The van der Waals surface area contributed by atoms with E-state index in [9.17, 15) is 4.79 Å². The number of ether oxygens (including phenoxy) is 13. The van der Waals surface area contributed by atoms with Crippen LogP contribution in [0.1, 0.15) is 10.4 Å². The number of esters is 1. The number of nitrogens with two attached hydrogens (primary N) is 1. The highest BCUT2D eigenvalue weighted by atomic mass is 16.6. The van der Waals surface area contributed by atoms with E-state index in [0.29, 0.717) is 169 Å². The third kappa shape index (κ3) is 27.7. The lowest BCUT2D eigenvalue weighted by Crippen LogP contribution is -2.16. The smallest absolute Gasteiger partial charge is 0.338 e. The maximum atomic E-state index is 11.8. The van der Waals surface area contributed by atoms with Gasteiger partial charge in [-0.15, -0.1) is 0 Å². The molecule has 15 heteroatoms. The van der Waals surface area contributed by atoms with Gasteiger partial charge in [-0.2, -0.15) is 0 Å². The molecular formula is C37H59NO14. The van der Waals surface area contributed by atoms with Crippen LogP contribution < -0.4 is 10.5 Å². The second kappa shape index (κ2) is 35.1. The van der Waals surface area contributed by atoms with Gasteiger partial charge in [-0.25, -0.2) is 4.79 Å². The van der Waals surface area contributed by atoms with Crippen molar-refractivity contribution in [2.24, 2.45) is 0 Å². The molecule has 0 bridgehead atoms. The summed E-state index contributed by atoms with van der Waals surface area (Å²) >= 11 is 0. The van der Waals surface area contributed by atoms with Crippen LogP contribution in [0.4, 0.5) is 5.69 Å². The molecule has 296 valence electrons. The molecule has 0 heterocycles. The minimum Gasteiger partial charge on any atom is -0.489 e. The first-order valence-electron chi connectivity index (χ1n) is 17.8. The van der Waals surface area contributed by atoms with Gasteiger partial charge in [0.15, 0.2) is 0 Å². The van der Waals surface area contributed by atoms with Crippen LogP contribution in [-0.2, 0) is 56.8 Å². The second-order valence-electron chi connectivity index (χ2n) is 10.6. The predicted octanol–water partition coefficient (Wildman–Crippen LogP) is 2.69. The molecule has 2 aromatic carbocycles. The summed E-state index contributed by atoms with van der Waals surface area (Å²) in [7, 11) is 0. The van der Waals surface area contributed by atoms with Crippen LogP contribution in [0.5, 0.6) is 5.75 Å². The SMILES string of the molecule is Nc1ccccc1OCCOCCOCCOCCOCCOCCOCCOCCOCCOCCOCCOCCOC(=O)c1ccccc1. The van der Waals surface area contributed by atoms with Crippen LogP contribution in [0.2, 0.25) is 0 Å². The summed E-state index contributed by atoms with van der Waals surface area (Å²) in [6, 6.07) is 16.2. The number of nitrogen functional groups attached to an aromatic ring is 1. The number of benzene rings is 2. The summed E-state index contributed by atoms with van der Waals surface area (Å²) < 4.78 is 70.9. The van der Waals surface area contributed by atoms with Gasteiger partial charge >= 0.3 is 5.97 Å². The first kappa shape index (κ1) is 45.2. The number of hydrogen-bond donors (Lipinski definition) is 1. The highest BCUT2D eigenvalue weighted by Gasteiger charge is 2.05. The summed E-state index contributed by atoms with van der Waals surface area (Å²) in [5.41, 5.74) is 6.96. The van der Waals surface area contributed by atoms with Crippen molar-refractivity contribution in [1.82, 2.24) is 0 Å². The lowest BCUT2D eigenvalue weighted by Gasteiger charge is -2.10. The zero-order valence-corrected chi connectivity index (χ0v) is 30.5. The first-order chi connectivity index (χ1) is 25.8. The minimum atomic E-state index is -0.359. The van der Waals surface area contributed by atoms with E-state index in [0.717, 1.165) is 0 Å². The molecule has 0 spiro atoms. The van der Waals surface area contributed by atoms with Gasteiger partial charge in [-0.1, -0.05) is 30.3 Å². The van der Waals surface area contributed by atoms with E-state index >= 15 is 0 Å². The molecule has 0 aliphatic rings. The van der Waals surface area contributed by atoms with Gasteiger partial charge < -0.3 is 67.3 Å². The Balaban J connectivity index is 1.14. The van der Waals surface area contributed by atoms with E-state index in [2.05, 4.69) is 0 Å². The molecule has 0 amide bonds. The van der Waals surface area contributed by atoms with Crippen LogP contribution in [0.25, 0.3) is 0 Å². The lowest BCUT2D eigenvalue weighted by molar-refractivity contribution is -0.0282. The molecule has 0 fully saturated rings. The quantitative estimate of drug-likeness (QED) is 0.0607. The van der Waals surface area contributed by atoms with E-state index in [4.69, 9.17) is 67.3 Å². The molecule has 0 aliphatic heterocycles. The Bertz CT molecular complexity index is 1070. The number of anilines is 1. The van der Waals surface area contributed by atoms with Crippen molar-refractivity contribution in [2.45, 2.75) is 0 Å². The van der Waals surface area contributed by atoms with Crippen molar-refractivity contribution < 1.29 is 66.4 Å². The average Bonchev–Trinajstić information content (AvgIpc) is 3.17. The van der Waals surface area contributed by atoms with Crippen LogP contribution in [0.15, 0.2) is 54.6 Å². The molecule has 0 aromatic heterocycles. The highest BCUT2D eigenvalue weighted by molar-refractivity contribution is 5.89. The monoisotopic (exact) mass is 741 g/mol. The Morgan fingerprint density at radius 2 is 0.654 bits per heavy atom. The second-order valence-corrected chi connectivity index (χ2v) is 10.6. The number of carbonyl (C=O) groups is 1. The van der Waals surface area contributed by atoms with Gasteiger partial charge in [-0.3, -0.25) is 0 Å². The van der Waals surface area contributed by atoms with E-state index in [1.807, 2.05) is 24.3 Å². The lowest BCUT2D eigenvalue weighted by atomic mass is 10.2. The van der Waals surface area contributed by atoms with Crippen molar-refractivity contribution >= 4 is 11.7 Å². The van der Waals surface area contributed by atoms with Crippen LogP contribution in [-0.4, -0.2) is 165 Å². The summed E-state index contributed by atoms with van der Waals surface area (Å²) in [6.07, 6.45) is 0. The Kier molecular flexibility index (Phi) is 30.5. The summed E-state index contributed by atoms with van der Waals surface area (Å²) in [5.74, 6) is 0.305. The first-order valence-corrected chi connectivity index (χ1v) is 17.8. The maximum absolute atomic E-state index is 11.8. The fraction of sp³-hybridized carbons (Fsp3) is 0.649. The topological polar surface area (TPSA) is 163 Å². The zero-order chi connectivity index (χ0) is 36.8. The predicted molar refractivity (Wildman–Crippen MR) is 192 cm³/mol. The molecule has 2 N–H and O–H groups in total. The molecule has 2 rings (SSSR count). The molecule has 52 heavy (non-hydrogen) atoms. The molecular weight excluding hydrogens is 682 g/mol. The number of rotatable bonds is 38. The molecule has 0 saturated heterocycles. The van der Waals surface area contributed by atoms with Crippen LogP contribution >= 0.6 is 0 Å². The molecule has 0 saturated carbocycles. The van der Waals surface area contributed by atoms with Crippen molar-refractivity contribution in [3.63, 3.8) is 0 Å². The van der Waals surface area contributed by atoms with Gasteiger partial charge in [0.05, 0.1) is 157 Å². The average molecular weight is 742 g/mol. The van der Waals surface area contributed by atoms with Crippen molar-refractivity contribution in [1.29, 1.82) is 0 Å². The Morgan fingerprint density at radius 3 is 1.00 bits per heavy atom. The largest absolute Gasteiger partial charge is 0.489 e. The van der Waals surface area contributed by atoms with Crippen LogP contribution in [0.3, 0.4) is 0 Å². The highest BCUT2D eigenvalue weighted by Crippen LogP contribution is 2.19. The number of para-hydroxylation sites is 2. The standard InChI is InChI=1S/C37H59NO14/c38-35-8-4-5-9-36(35)51-32-30-49-28-26-47-24-22-45-20-18-43-16-14-41-12-10-40-11-13-42-15-17-44-19-21-46-23-25-48-27-29-50-31-33-52-37(39)34-6-2-1-3-7-34/h1-9H,10-33,38H2. The fourth-order valence-corrected chi connectivity index (χ4v) is 3.97. The molecule has 0 atom stereocenters. The fourth-order valence-electron chi connectivity index (χ4n) is 3.97. The third-order valence-electron chi connectivity index (χ3n) is 6.59. The normalized spacial score (nSPS) is 11.2. The van der Waals surface area contributed by atoms with Gasteiger partial charge in [0, 0.05) is 0 Å². The van der Waals surface area contributed by atoms with Gasteiger partial charge in [0.2, 0.25) is 0 Å². The van der Waals surface area contributed by atoms with E-state index in [-0.39, 0.29) is 12.6 Å². The summed E-state index contributed by atoms with van der Waals surface area (Å²) in [5, 5.41) is 0. The maximum Gasteiger partial charge on any atom is 0.338 e. The van der Waals surface area contributed by atoms with Crippen molar-refractivity contribution in [2.75, 3.05) is 164 Å². The van der Waals surface area contributed by atoms with Crippen LogP contribution in [0, 0.1) is 0 Å². The van der Waals surface area contributed by atoms with Gasteiger partial charge in [-0.05, 0) is 24.3 Å². The van der Waals surface area contributed by atoms with E-state index in [1.165, 1.54) is 0 Å². The van der Waals surface area contributed by atoms with Crippen molar-refractivity contribution in [3.8, 4) is 5.75 Å². The summed E-state index contributed by atoms with van der Waals surface area (Å²) in [6.45, 7) is 11.0. The van der Waals surface area contributed by atoms with E-state index < -0.39 is 0 Å². The van der Waals surface area contributed by atoms with E-state index in [1.54, 1.807) is 30.3 Å². The molecule has 2 aromatic rings. The number of hydrogen-bond acceptors (Lipinski definition) is 15. The minimum absolute atomic E-state index is 0.198. The number of carbonyl (C=O) groups excluding carboxylic acids is 1. The third-order valence-corrected chi connectivity index (χ3v) is 6.59. The Labute approximate surface area is 308 Å². The Morgan fingerprint density at radius 1 is 0.365 bits per heavy atom. The van der Waals surface area contributed by atoms with Gasteiger partial charge in [0.25, 0.3) is 0 Å².